The first kappa shape index (κ1) is 96.2. The van der Waals surface area contributed by atoms with Gasteiger partial charge in [0.1, 0.15) is 63.8 Å². The summed E-state index contributed by atoms with van der Waals surface area (Å²) in [6.45, 7) is 9.01. The quantitative estimate of drug-likeness (QED) is 0.0158. The molecule has 1 amide bonds. The molecule has 0 aliphatic heterocycles. The van der Waals surface area contributed by atoms with Crippen LogP contribution in [0.3, 0.4) is 0 Å². The number of Topliss-reactive ketones (excluding diaryl/α,β-unsaturated/α-hetero) is 4. The summed E-state index contributed by atoms with van der Waals surface area (Å²) in [6, 6.07) is 86.0. The van der Waals surface area contributed by atoms with Crippen LogP contribution in [0.4, 0.5) is 36.6 Å². The van der Waals surface area contributed by atoms with Gasteiger partial charge in [-0.25, -0.2) is 0 Å². The molecule has 13 rings (SSSR count). The maximum atomic E-state index is 14.2. The number of nitrogens with zero attached hydrogens (tertiary/aromatic N) is 2. The number of ketones is 4. The summed E-state index contributed by atoms with van der Waals surface area (Å²) in [4.78, 5) is 76.3. The van der Waals surface area contributed by atoms with E-state index >= 15 is 0 Å². The van der Waals surface area contributed by atoms with Gasteiger partial charge in [-0.2, -0.15) is 0 Å². The molecule has 1 aromatic heterocycles. The molecular formula is C98H93ClF6N3O16P. The van der Waals surface area contributed by atoms with Crippen LogP contribution in [0.5, 0.6) is 51.7 Å². The molecule has 13 aromatic rings. The average Bonchev–Trinajstić information content (AvgIpc) is 1.61. The number of aromatic nitrogens is 1. The maximum absolute atomic E-state index is 14.2. The van der Waals surface area contributed by atoms with E-state index in [0.717, 1.165) is 85.0 Å². The number of methoxy groups -OCH3 is 9. The van der Waals surface area contributed by atoms with Crippen LogP contribution in [0.25, 0.3) is 45.3 Å². The Morgan fingerprint density at radius 2 is 0.664 bits per heavy atom. The minimum absolute atomic E-state index is 0. The number of carbonyl (C=O) groups excluding carboxylic acids is 6. The van der Waals surface area contributed by atoms with Gasteiger partial charge in [0.05, 0.1) is 75.1 Å². The first-order valence-corrected chi connectivity index (χ1v) is 40.3. The summed E-state index contributed by atoms with van der Waals surface area (Å²) < 4.78 is 116. The molecule has 0 radical (unpaired) electrons. The number of hydrogen-bond acceptors (Lipinski definition) is 17. The molecule has 2 unspecified atom stereocenters. The Morgan fingerprint density at radius 3 is 1.03 bits per heavy atom. The molecule has 125 heavy (non-hydrogen) atoms. The number of carbonyl (C=O) groups is 6. The summed E-state index contributed by atoms with van der Waals surface area (Å²) >= 11 is 5.21. The van der Waals surface area contributed by atoms with Crippen molar-refractivity contribution in [1.82, 2.24) is 0 Å². The molecule has 27 heteroatoms. The van der Waals surface area contributed by atoms with E-state index in [9.17, 15) is 53.9 Å². The van der Waals surface area contributed by atoms with Crippen LogP contribution in [-0.2, 0) is 0 Å². The second-order valence-electron chi connectivity index (χ2n) is 27.2. The molecular weight excluding hydrogens is 1660 g/mol. The number of rotatable bonds is 28. The van der Waals surface area contributed by atoms with Crippen molar-refractivity contribution < 1.29 is 106 Å². The first-order valence-electron chi connectivity index (χ1n) is 37.9. The van der Waals surface area contributed by atoms with Crippen molar-refractivity contribution in [2.24, 2.45) is 0 Å². The Hall–Kier alpha value is -14.3. The number of amides is 1. The van der Waals surface area contributed by atoms with Gasteiger partial charge in [0.25, 0.3) is 16.8 Å². The van der Waals surface area contributed by atoms with Crippen LogP contribution < -0.4 is 57.4 Å². The van der Waals surface area contributed by atoms with Gasteiger partial charge in [-0.15, -0.1) is 4.57 Å². The number of allylic oxidation sites excluding steroid dienone is 1. The zero-order valence-electron chi connectivity index (χ0n) is 69.6. The van der Waals surface area contributed by atoms with E-state index in [-0.39, 0.29) is 30.6 Å². The van der Waals surface area contributed by atoms with E-state index in [4.69, 9.17) is 58.6 Å². The van der Waals surface area contributed by atoms with Crippen LogP contribution in [0, 0.1) is 0 Å². The number of anilines is 2. The predicted octanol–water partition coefficient (Wildman–Crippen LogP) is 24.8. The standard InChI is InChI=1S/C33H30NO4.C32H29NO6.C23H23NO4.C9H7ClO2.CH4.F6P/c1-22(2)23-6-8-26(9-7-23)33-34(27-14-20-30(37-5)21-15-27)31(24-10-16-28(35-3)17-11-24)32(38-33)25-12-18-29(36-4)19-13-25;1-21(34)22-5-7-25(8-6-22)32(36)33(26-13-19-29(39-4)20-14-26)30(23-9-15-27(37-2)16-10-23)31(35)24-11-17-28(38-3)18-12-24;1-26-19-10-4-16(5-11-19)22(24-18-8-14-21(28-3)15-9-18)23(25)17-6-12-20(27-2)13-7-17;1-6(11)7-2-4-8(5-3-7)9(10)12;;1-7(2,3,4,5)6/h6-21H,1H2,2-5H3;5-20,30H,1-4H3;4-15,22,24H,1-3H3;2-5H,1H3;1H4;/q+1;;;;;-1. The summed E-state index contributed by atoms with van der Waals surface area (Å²) in [7, 11) is 3.85. The number of ether oxygens (including phenoxy) is 9. The molecule has 0 fully saturated rings. The van der Waals surface area contributed by atoms with E-state index in [1.54, 1.807) is 197 Å². The number of oxazole rings is 1. The third-order valence-electron chi connectivity index (χ3n) is 18.9. The molecule has 0 bridgehead atoms. The number of nitrogens with one attached hydrogen (secondary N) is 1. The predicted molar refractivity (Wildman–Crippen MR) is 477 cm³/mol. The Morgan fingerprint density at radius 1 is 0.368 bits per heavy atom. The van der Waals surface area contributed by atoms with Gasteiger partial charge in [0.15, 0.2) is 23.1 Å². The molecule has 2 atom stereocenters. The summed E-state index contributed by atoms with van der Waals surface area (Å²) in [5.41, 5.74) is 12.4. The van der Waals surface area contributed by atoms with E-state index in [2.05, 4.69) is 40.7 Å². The molecule has 19 nitrogen and oxygen atoms in total. The summed E-state index contributed by atoms with van der Waals surface area (Å²) in [5, 5.41) is 2.82. The van der Waals surface area contributed by atoms with Crippen molar-refractivity contribution in [3.05, 3.63) is 348 Å². The van der Waals surface area contributed by atoms with Gasteiger partial charge >= 0.3 is 38.9 Å². The van der Waals surface area contributed by atoms with Gasteiger partial charge < -0.3 is 52.4 Å². The van der Waals surface area contributed by atoms with Crippen LogP contribution >= 0.6 is 19.4 Å². The van der Waals surface area contributed by atoms with Crippen molar-refractivity contribution >= 4 is 70.6 Å². The van der Waals surface area contributed by atoms with Gasteiger partial charge in [-0.3, -0.25) is 33.7 Å². The van der Waals surface area contributed by atoms with E-state index < -0.39 is 31.0 Å². The van der Waals surface area contributed by atoms with Crippen LogP contribution in [-0.4, -0.2) is 98.3 Å². The Kier molecular flexibility index (Phi) is 33.1. The van der Waals surface area contributed by atoms with Crippen molar-refractivity contribution in [2.75, 3.05) is 74.2 Å². The van der Waals surface area contributed by atoms with Crippen molar-refractivity contribution in [1.29, 1.82) is 0 Å². The van der Waals surface area contributed by atoms with Crippen LogP contribution in [0.1, 0.15) is 119 Å². The monoisotopic (exact) mass is 1750 g/mol. The third kappa shape index (κ3) is 27.4. The summed E-state index contributed by atoms with van der Waals surface area (Å²) in [5.74, 6) is 7.00. The third-order valence-corrected chi connectivity index (χ3v) is 19.2. The van der Waals surface area contributed by atoms with E-state index in [1.807, 2.05) is 128 Å². The SMILES string of the molecule is C.C=C(C)c1ccc(-c2oc(-c3ccc(OC)cc3)c(-c3ccc(OC)cc3)[n+]2-c2ccc(OC)cc2)cc1.CC(=O)c1ccc(C(=O)Cl)cc1.COc1ccc(C(=O)C(c2ccc(OC)cc2)N(C(=O)c2ccc(C(C)=O)cc2)c2ccc(OC)cc2)cc1.COc1ccc(NC(C(=O)c2ccc(OC)cc2)c2ccc(OC)cc2)cc1.F[P-](F)(F)(F)(F)F. The normalized spacial score (nSPS) is 11.5. The zero-order chi connectivity index (χ0) is 90.1. The molecule has 12 aromatic carbocycles. The van der Waals surface area contributed by atoms with Crippen LogP contribution in [0.15, 0.2) is 302 Å². The fraction of sp³-hybridized carbons (Fsp3) is 0.153. The fourth-order valence-electron chi connectivity index (χ4n) is 12.3. The van der Waals surface area contributed by atoms with Gasteiger partial charge in [-0.05, 0) is 267 Å². The Labute approximate surface area is 726 Å². The van der Waals surface area contributed by atoms with Crippen LogP contribution in [0.2, 0.25) is 0 Å². The number of benzene rings is 12. The molecule has 1 heterocycles. The van der Waals surface area contributed by atoms with Gasteiger partial charge in [-0.1, -0.05) is 80.2 Å². The Bertz CT molecular complexity index is 5760. The van der Waals surface area contributed by atoms with Crippen molar-refractivity contribution in [3.63, 3.8) is 0 Å². The molecule has 650 valence electrons. The van der Waals surface area contributed by atoms with Crippen molar-refractivity contribution in [3.8, 4) is 91.5 Å². The fourth-order valence-corrected chi connectivity index (χ4v) is 12.5. The Balaban J connectivity index is 0.000000211. The topological polar surface area (TPSA) is 218 Å². The van der Waals surface area contributed by atoms with Crippen molar-refractivity contribution in [2.45, 2.75) is 40.3 Å². The van der Waals surface area contributed by atoms with E-state index in [0.29, 0.717) is 73.5 Å². The molecule has 0 aliphatic rings. The molecule has 0 saturated carbocycles. The number of halogens is 7. The van der Waals surface area contributed by atoms with Gasteiger partial charge in [0, 0.05) is 62.5 Å². The molecule has 0 saturated heterocycles. The first-order chi connectivity index (χ1) is 59.1. The second-order valence-corrected chi connectivity index (χ2v) is 29.5. The zero-order valence-corrected chi connectivity index (χ0v) is 71.2. The van der Waals surface area contributed by atoms with E-state index in [1.165, 1.54) is 30.9 Å². The minimum atomic E-state index is -10.7. The molecule has 0 spiro atoms. The average molecular weight is 1750 g/mol. The summed E-state index contributed by atoms with van der Waals surface area (Å²) in [6.07, 6.45) is 0. The molecule has 0 aliphatic carbocycles. The van der Waals surface area contributed by atoms with Gasteiger partial charge in [0.2, 0.25) is 11.4 Å². The second kappa shape index (κ2) is 43.0. The number of hydrogen-bond donors (Lipinski definition) is 1. The molecule has 1 N–H and O–H groups in total.